The molecule has 1 aliphatic carbocycles. The van der Waals surface area contributed by atoms with Gasteiger partial charge in [0.1, 0.15) is 0 Å². The first-order chi connectivity index (χ1) is 4.61. The summed E-state index contributed by atoms with van der Waals surface area (Å²) in [6.45, 7) is 3.57. The van der Waals surface area contributed by atoms with E-state index < -0.39 is 0 Å². The molecule has 0 heterocycles. The third-order valence-corrected chi connectivity index (χ3v) is 1.75. The average molecular weight is 175 g/mol. The molecule has 0 radical (unpaired) electrons. The Hall–Kier alpha value is -0.530. The van der Waals surface area contributed by atoms with Crippen LogP contribution in [0.15, 0.2) is 34.4 Å². The fourth-order valence-electron chi connectivity index (χ4n) is 0.570. The van der Waals surface area contributed by atoms with Crippen LogP contribution < -0.4 is 0 Å². The lowest BCUT2D eigenvalue weighted by Gasteiger charge is -2.03. The number of carbonyl (C=O) groups excluding carboxylic acids is 1. The summed E-state index contributed by atoms with van der Waals surface area (Å²) in [7, 11) is 0. The minimum atomic E-state index is -0.265. The van der Waals surface area contributed by atoms with Crippen LogP contribution in [-0.4, -0.2) is 5.78 Å². The van der Waals surface area contributed by atoms with Gasteiger partial charge in [0.15, 0.2) is 5.78 Å². The highest BCUT2D eigenvalue weighted by atomic mass is 35.5. The van der Waals surface area contributed by atoms with Gasteiger partial charge in [-0.1, -0.05) is 29.8 Å². The molecule has 1 aliphatic rings. The molecule has 0 aromatic rings. The van der Waals surface area contributed by atoms with Gasteiger partial charge in [-0.15, -0.1) is 0 Å². The number of hydrogen-bond donors (Lipinski definition) is 0. The van der Waals surface area contributed by atoms with Crippen LogP contribution >= 0.6 is 23.2 Å². The predicted molar refractivity (Wildman–Crippen MR) is 42.0 cm³/mol. The molecule has 0 aliphatic heterocycles. The maximum absolute atomic E-state index is 10.7. The highest BCUT2D eigenvalue weighted by Gasteiger charge is 2.12. The zero-order valence-electron chi connectivity index (χ0n) is 5.03. The van der Waals surface area contributed by atoms with E-state index in [0.29, 0.717) is 10.6 Å². The van der Waals surface area contributed by atoms with Crippen molar-refractivity contribution in [2.24, 2.45) is 0 Å². The fourth-order valence-corrected chi connectivity index (χ4v) is 0.910. The number of halogens is 2. The van der Waals surface area contributed by atoms with Crippen molar-refractivity contribution in [2.45, 2.75) is 0 Å². The van der Waals surface area contributed by atoms with Gasteiger partial charge in [0, 0.05) is 6.08 Å². The molecular formula is C7H4Cl2O. The van der Waals surface area contributed by atoms with Crippen molar-refractivity contribution in [2.75, 3.05) is 0 Å². The van der Waals surface area contributed by atoms with E-state index in [1.165, 1.54) is 12.2 Å². The van der Waals surface area contributed by atoms with Crippen LogP contribution in [-0.2, 0) is 4.79 Å². The van der Waals surface area contributed by atoms with Crippen LogP contribution in [0, 0.1) is 0 Å². The molecule has 0 atom stereocenters. The molecular weight excluding hydrogens is 171 g/mol. The smallest absolute Gasteiger partial charge is 0.198 e. The summed E-state index contributed by atoms with van der Waals surface area (Å²) in [5, 5.41) is 0.517. The molecule has 1 rings (SSSR count). The number of ketones is 1. The summed E-state index contributed by atoms with van der Waals surface area (Å²) in [5.74, 6) is -0.265. The number of allylic oxidation sites excluding steroid dienone is 5. The largest absolute Gasteiger partial charge is 0.288 e. The number of carbonyl (C=O) groups is 1. The van der Waals surface area contributed by atoms with Gasteiger partial charge in [-0.05, 0) is 11.6 Å². The van der Waals surface area contributed by atoms with E-state index in [1.54, 1.807) is 0 Å². The van der Waals surface area contributed by atoms with Gasteiger partial charge in [-0.25, -0.2) is 0 Å². The van der Waals surface area contributed by atoms with Crippen molar-refractivity contribution in [3.63, 3.8) is 0 Å². The second-order valence-corrected chi connectivity index (χ2v) is 2.69. The zero-order valence-corrected chi connectivity index (χ0v) is 6.54. The zero-order chi connectivity index (χ0) is 7.72. The van der Waals surface area contributed by atoms with Gasteiger partial charge in [0.2, 0.25) is 0 Å². The van der Waals surface area contributed by atoms with E-state index in [0.717, 1.165) is 0 Å². The molecule has 52 valence electrons. The second kappa shape index (κ2) is 2.60. The number of rotatable bonds is 0. The molecule has 0 saturated heterocycles. The van der Waals surface area contributed by atoms with Gasteiger partial charge in [0.05, 0.1) is 10.1 Å². The normalized spacial score (nSPS) is 18.6. The van der Waals surface area contributed by atoms with Crippen LogP contribution in [0.3, 0.4) is 0 Å². The molecule has 0 amide bonds. The van der Waals surface area contributed by atoms with Crippen molar-refractivity contribution in [1.82, 2.24) is 0 Å². The van der Waals surface area contributed by atoms with E-state index in [-0.39, 0.29) is 10.8 Å². The molecule has 0 aromatic carbocycles. The summed E-state index contributed by atoms with van der Waals surface area (Å²) >= 11 is 11.0. The minimum Gasteiger partial charge on any atom is -0.288 e. The van der Waals surface area contributed by atoms with Crippen molar-refractivity contribution in [3.8, 4) is 0 Å². The molecule has 10 heavy (non-hydrogen) atoms. The lowest BCUT2D eigenvalue weighted by atomic mass is 10.1. The molecule has 0 unspecified atom stereocenters. The topological polar surface area (TPSA) is 17.1 Å². The fraction of sp³-hybridized carbons (Fsp3) is 0. The van der Waals surface area contributed by atoms with Crippen molar-refractivity contribution < 1.29 is 4.79 Å². The van der Waals surface area contributed by atoms with Crippen LogP contribution in [0.2, 0.25) is 0 Å². The third-order valence-electron chi connectivity index (χ3n) is 1.10. The Morgan fingerprint density at radius 2 is 1.80 bits per heavy atom. The van der Waals surface area contributed by atoms with E-state index in [2.05, 4.69) is 6.58 Å². The first kappa shape index (κ1) is 7.58. The molecule has 0 N–H and O–H groups in total. The molecule has 0 spiro atoms. The van der Waals surface area contributed by atoms with Gasteiger partial charge >= 0.3 is 0 Å². The van der Waals surface area contributed by atoms with Crippen LogP contribution in [0.1, 0.15) is 0 Å². The van der Waals surface area contributed by atoms with Crippen LogP contribution in [0.25, 0.3) is 0 Å². The van der Waals surface area contributed by atoms with Gasteiger partial charge in [-0.3, -0.25) is 4.79 Å². The standard InChI is InChI=1S/C7H4Cl2O/c1-4-2-6(9)7(10)3-5(4)8/h2-3H,1H2. The summed E-state index contributed by atoms with van der Waals surface area (Å²) in [4.78, 5) is 10.7. The Morgan fingerprint density at radius 1 is 1.20 bits per heavy atom. The maximum Gasteiger partial charge on any atom is 0.198 e. The summed E-state index contributed by atoms with van der Waals surface area (Å²) in [6, 6.07) is 0. The van der Waals surface area contributed by atoms with Crippen molar-refractivity contribution in [1.29, 1.82) is 0 Å². The highest BCUT2D eigenvalue weighted by molar-refractivity contribution is 6.47. The first-order valence-corrected chi connectivity index (χ1v) is 3.35. The Labute approximate surface area is 68.6 Å². The Kier molecular flexibility index (Phi) is 1.97. The van der Waals surface area contributed by atoms with Crippen molar-refractivity contribution in [3.05, 3.63) is 34.4 Å². The molecule has 1 nitrogen and oxygen atoms in total. The number of hydrogen-bond acceptors (Lipinski definition) is 1. The SMILES string of the molecule is C=C1C=C(Cl)C(=O)C=C1Cl. The van der Waals surface area contributed by atoms with E-state index >= 15 is 0 Å². The Morgan fingerprint density at radius 3 is 2.30 bits per heavy atom. The van der Waals surface area contributed by atoms with E-state index in [9.17, 15) is 4.79 Å². The minimum absolute atomic E-state index is 0.161. The van der Waals surface area contributed by atoms with E-state index in [4.69, 9.17) is 23.2 Å². The Bertz CT molecular complexity index is 233. The van der Waals surface area contributed by atoms with Gasteiger partial charge in [0.25, 0.3) is 0 Å². The monoisotopic (exact) mass is 174 g/mol. The maximum atomic E-state index is 10.7. The van der Waals surface area contributed by atoms with Crippen LogP contribution in [0.5, 0.6) is 0 Å². The van der Waals surface area contributed by atoms with Crippen LogP contribution in [0.4, 0.5) is 0 Å². The lowest BCUT2D eigenvalue weighted by Crippen LogP contribution is -1.99. The van der Waals surface area contributed by atoms with Gasteiger partial charge < -0.3 is 0 Å². The predicted octanol–water partition coefficient (Wildman–Crippen LogP) is 2.37. The molecule has 3 heteroatoms. The molecule has 0 saturated carbocycles. The Balaban J connectivity index is 3.03. The molecule has 0 bridgehead atoms. The second-order valence-electron chi connectivity index (χ2n) is 1.87. The quantitative estimate of drug-likeness (QED) is 0.552. The highest BCUT2D eigenvalue weighted by Crippen LogP contribution is 2.23. The average Bonchev–Trinajstić information content (AvgIpc) is 1.84. The first-order valence-electron chi connectivity index (χ1n) is 2.59. The van der Waals surface area contributed by atoms with Crippen molar-refractivity contribution >= 4 is 29.0 Å². The van der Waals surface area contributed by atoms with E-state index in [1.807, 2.05) is 0 Å². The summed E-state index contributed by atoms with van der Waals surface area (Å²) in [5.41, 5.74) is 0.575. The molecule has 0 fully saturated rings. The summed E-state index contributed by atoms with van der Waals surface area (Å²) < 4.78 is 0. The lowest BCUT2D eigenvalue weighted by molar-refractivity contribution is -0.110. The van der Waals surface area contributed by atoms with Gasteiger partial charge in [-0.2, -0.15) is 0 Å². The summed E-state index contributed by atoms with van der Waals surface area (Å²) in [6.07, 6.45) is 2.71. The third kappa shape index (κ3) is 1.31. The molecule has 0 aromatic heterocycles.